The van der Waals surface area contributed by atoms with Crippen molar-refractivity contribution in [3.63, 3.8) is 0 Å². The van der Waals surface area contributed by atoms with E-state index in [2.05, 4.69) is 21.2 Å². The van der Waals surface area contributed by atoms with Gasteiger partial charge in [-0.3, -0.25) is 19.3 Å². The number of fused-ring (bicyclic) bond motifs is 2. The van der Waals surface area contributed by atoms with Gasteiger partial charge in [0, 0.05) is 23.3 Å². The van der Waals surface area contributed by atoms with Crippen LogP contribution in [0.25, 0.3) is 10.8 Å². The number of sulfone groups is 1. The fraction of sp³-hybridized carbons (Fsp3) is 0.412. The molecule has 14 heteroatoms. The smallest absolute Gasteiger partial charge is 0.407 e. The van der Waals surface area contributed by atoms with Gasteiger partial charge in [-0.05, 0) is 59.9 Å². The van der Waals surface area contributed by atoms with Crippen LogP contribution in [0.1, 0.15) is 39.7 Å². The Balaban J connectivity index is 1.92. The predicted octanol–water partition coefficient (Wildman–Crippen LogP) is 4.82. The van der Waals surface area contributed by atoms with Gasteiger partial charge in [0.2, 0.25) is 11.8 Å². The molecule has 1 heterocycles. The molecule has 0 aromatic heterocycles. The molecule has 0 unspecified atom stereocenters. The normalized spacial score (nSPS) is 17.4. The molecular formula is C34H41BrN4O8S. The number of carbonyl (C=O) groups excluding carboxylic acids is 3. The lowest BCUT2D eigenvalue weighted by Gasteiger charge is -2.35. The van der Waals surface area contributed by atoms with Crippen molar-refractivity contribution in [2.24, 2.45) is 5.41 Å². The Hall–Kier alpha value is -4.17. The van der Waals surface area contributed by atoms with E-state index >= 15 is 0 Å². The topological polar surface area (TPSA) is 154 Å². The van der Waals surface area contributed by atoms with Crippen molar-refractivity contribution in [1.29, 1.82) is 0 Å². The molecule has 3 aromatic carbocycles. The summed E-state index contributed by atoms with van der Waals surface area (Å²) in [6, 6.07) is 12.3. The standard InChI is InChI=1S/C34H41BrN4O8S/c1-20-30(36-31(41)27(17-34(2,3)4)37(5)33(43)44)32(42)38(18-23-21-11-10-12-24(35)22(21)15-16-28(23)47-6)25-13-8-9-14-26(25)39(20)29(40)19-48(7,45)46/h8-16,20,27,30H,17-19H2,1-7H3,(H,36,41)(H,43,44)/t20-,27-,30-/m0/s1. The zero-order valence-electron chi connectivity index (χ0n) is 28.0. The first-order valence-electron chi connectivity index (χ1n) is 15.2. The van der Waals surface area contributed by atoms with Crippen LogP contribution in [0.4, 0.5) is 16.2 Å². The van der Waals surface area contributed by atoms with Gasteiger partial charge >= 0.3 is 6.09 Å². The molecule has 3 atom stereocenters. The van der Waals surface area contributed by atoms with Gasteiger partial charge in [0.15, 0.2) is 9.84 Å². The van der Waals surface area contributed by atoms with Gasteiger partial charge < -0.3 is 25.0 Å². The highest BCUT2D eigenvalue weighted by Crippen LogP contribution is 2.39. The van der Waals surface area contributed by atoms with Crippen LogP contribution in [0.15, 0.2) is 59.1 Å². The number of likely N-dealkylation sites (N-methyl/N-ethyl adjacent to an activating group) is 1. The van der Waals surface area contributed by atoms with Gasteiger partial charge in [-0.15, -0.1) is 0 Å². The Bertz CT molecular complexity index is 1860. The molecule has 4 rings (SSSR count). The minimum absolute atomic E-state index is 0.0412. The lowest BCUT2D eigenvalue weighted by atomic mass is 9.87. The molecule has 0 bridgehead atoms. The highest BCUT2D eigenvalue weighted by atomic mass is 79.9. The molecule has 0 spiro atoms. The highest BCUT2D eigenvalue weighted by molar-refractivity contribution is 9.10. The van der Waals surface area contributed by atoms with E-state index in [1.165, 1.54) is 24.0 Å². The number of carbonyl (C=O) groups is 4. The number of hydrogen-bond donors (Lipinski definition) is 2. The van der Waals surface area contributed by atoms with Crippen molar-refractivity contribution in [1.82, 2.24) is 10.2 Å². The third kappa shape index (κ3) is 7.92. The number of hydrogen-bond acceptors (Lipinski definition) is 7. The van der Waals surface area contributed by atoms with Crippen LogP contribution in [0.5, 0.6) is 5.75 Å². The maximum atomic E-state index is 14.8. The second-order valence-corrected chi connectivity index (χ2v) is 16.2. The number of halogens is 1. The van der Waals surface area contributed by atoms with Crippen molar-refractivity contribution in [2.75, 3.05) is 36.0 Å². The van der Waals surface area contributed by atoms with Gasteiger partial charge in [0.25, 0.3) is 5.91 Å². The maximum Gasteiger partial charge on any atom is 0.407 e. The second-order valence-electron chi connectivity index (χ2n) is 13.2. The summed E-state index contributed by atoms with van der Waals surface area (Å²) in [5, 5.41) is 14.2. The van der Waals surface area contributed by atoms with E-state index in [-0.39, 0.29) is 18.7 Å². The van der Waals surface area contributed by atoms with Crippen LogP contribution in [0, 0.1) is 5.41 Å². The Labute approximate surface area is 289 Å². The molecule has 12 nitrogen and oxygen atoms in total. The molecule has 0 saturated heterocycles. The Morgan fingerprint density at radius 1 is 1.04 bits per heavy atom. The number of anilines is 2. The zero-order valence-corrected chi connectivity index (χ0v) is 30.4. The van der Waals surface area contributed by atoms with Crippen molar-refractivity contribution in [2.45, 2.75) is 58.8 Å². The Morgan fingerprint density at radius 2 is 1.69 bits per heavy atom. The summed E-state index contributed by atoms with van der Waals surface area (Å²) in [7, 11) is -0.986. The summed E-state index contributed by atoms with van der Waals surface area (Å²) in [6.07, 6.45) is -0.243. The number of nitrogens with zero attached hydrogens (tertiary/aromatic N) is 3. The van der Waals surface area contributed by atoms with E-state index in [0.717, 1.165) is 26.4 Å². The summed E-state index contributed by atoms with van der Waals surface area (Å²) in [4.78, 5) is 58.1. The van der Waals surface area contributed by atoms with Gasteiger partial charge in [-0.1, -0.05) is 61.0 Å². The van der Waals surface area contributed by atoms with Crippen molar-refractivity contribution < 1.29 is 37.4 Å². The number of ether oxygens (including phenoxy) is 1. The van der Waals surface area contributed by atoms with Crippen LogP contribution in [-0.2, 0) is 30.8 Å². The first kappa shape index (κ1) is 36.7. The summed E-state index contributed by atoms with van der Waals surface area (Å²) in [6.45, 7) is 7.10. The molecule has 3 aromatic rings. The molecule has 0 radical (unpaired) electrons. The molecule has 1 aliphatic rings. The fourth-order valence-corrected chi connectivity index (χ4v) is 7.09. The van der Waals surface area contributed by atoms with Crippen molar-refractivity contribution in [3.8, 4) is 5.75 Å². The number of benzene rings is 3. The molecule has 48 heavy (non-hydrogen) atoms. The second kappa shape index (κ2) is 14.1. The van der Waals surface area contributed by atoms with Crippen LogP contribution >= 0.6 is 15.9 Å². The lowest BCUT2D eigenvalue weighted by Crippen LogP contribution is -2.61. The molecular weight excluding hydrogens is 704 g/mol. The van der Waals surface area contributed by atoms with E-state index in [9.17, 15) is 32.7 Å². The molecule has 4 amide bonds. The summed E-state index contributed by atoms with van der Waals surface area (Å²) in [5.74, 6) is -2.43. The average Bonchev–Trinajstić information content (AvgIpc) is 3.07. The van der Waals surface area contributed by atoms with Crippen LogP contribution in [-0.4, -0.2) is 86.5 Å². The largest absolute Gasteiger partial charge is 0.496 e. The van der Waals surface area contributed by atoms with E-state index in [0.29, 0.717) is 17.0 Å². The van der Waals surface area contributed by atoms with E-state index in [4.69, 9.17) is 4.74 Å². The molecule has 0 fully saturated rings. The fourth-order valence-electron chi connectivity index (χ4n) is 6.00. The number of carboxylic acid groups (broad SMARTS) is 1. The monoisotopic (exact) mass is 744 g/mol. The minimum atomic E-state index is -3.79. The summed E-state index contributed by atoms with van der Waals surface area (Å²) in [5.41, 5.74) is 0.780. The molecule has 258 valence electrons. The van der Waals surface area contributed by atoms with E-state index in [1.54, 1.807) is 37.3 Å². The number of nitrogens with one attached hydrogen (secondary N) is 1. The van der Waals surface area contributed by atoms with Gasteiger partial charge in [0.1, 0.15) is 23.6 Å². The number of amides is 4. The number of methoxy groups -OCH3 is 1. The number of rotatable bonds is 9. The van der Waals surface area contributed by atoms with Crippen LogP contribution in [0.3, 0.4) is 0 Å². The Kier molecular flexibility index (Phi) is 10.8. The molecule has 0 saturated carbocycles. The maximum absolute atomic E-state index is 14.8. The zero-order chi connectivity index (χ0) is 35.7. The number of para-hydroxylation sites is 2. The first-order chi connectivity index (χ1) is 22.3. The van der Waals surface area contributed by atoms with E-state index < -0.39 is 62.9 Å². The van der Waals surface area contributed by atoms with Gasteiger partial charge in [-0.2, -0.15) is 0 Å². The highest BCUT2D eigenvalue weighted by Gasteiger charge is 2.44. The molecule has 1 aliphatic heterocycles. The van der Waals surface area contributed by atoms with E-state index in [1.807, 2.05) is 45.0 Å². The molecule has 2 N–H and O–H groups in total. The SMILES string of the molecule is COc1ccc2c(Br)cccc2c1CN1C(=O)[C@@H](NC(=O)[C@H](CC(C)(C)C)N(C)C(=O)O)[C@H](C)N(C(=O)CS(C)(=O)=O)c2ccccc21. The van der Waals surface area contributed by atoms with Crippen molar-refractivity contribution >= 4 is 71.7 Å². The minimum Gasteiger partial charge on any atom is -0.496 e. The third-order valence-corrected chi connectivity index (χ3v) is 9.76. The average molecular weight is 746 g/mol. The van der Waals surface area contributed by atoms with Crippen LogP contribution in [0.2, 0.25) is 0 Å². The van der Waals surface area contributed by atoms with Crippen LogP contribution < -0.4 is 19.9 Å². The lowest BCUT2D eigenvalue weighted by molar-refractivity contribution is -0.131. The van der Waals surface area contributed by atoms with Gasteiger partial charge in [0.05, 0.1) is 31.1 Å². The third-order valence-electron chi connectivity index (χ3n) is 8.30. The molecule has 0 aliphatic carbocycles. The quantitative estimate of drug-likeness (QED) is 0.316. The van der Waals surface area contributed by atoms with Gasteiger partial charge in [-0.25, -0.2) is 13.2 Å². The first-order valence-corrected chi connectivity index (χ1v) is 18.1. The summed E-state index contributed by atoms with van der Waals surface area (Å²) >= 11 is 3.59. The Morgan fingerprint density at radius 3 is 2.27 bits per heavy atom. The van der Waals surface area contributed by atoms with Crippen molar-refractivity contribution in [3.05, 3.63) is 64.6 Å². The predicted molar refractivity (Wildman–Crippen MR) is 188 cm³/mol. The summed E-state index contributed by atoms with van der Waals surface area (Å²) < 4.78 is 31.2.